The first-order chi connectivity index (χ1) is 10.6. The molecule has 0 aromatic heterocycles. The normalized spacial score (nSPS) is 16.1. The summed E-state index contributed by atoms with van der Waals surface area (Å²) in [5.41, 5.74) is 3.08. The fourth-order valence-corrected chi connectivity index (χ4v) is 3.89. The van der Waals surface area contributed by atoms with Crippen molar-refractivity contribution >= 4 is 57.3 Å². The smallest absolute Gasteiger partial charge is 0.241 e. The number of hydrogen-bond donors (Lipinski definition) is 2. The number of carbonyl (C=O) groups is 1. The molecule has 0 spiro atoms. The standard InChI is InChI=1S/C14H17I2N3O3/c15-11-7-10(14(21)12(16)8-11)9-17-18-13(20)1-2-19-3-5-22-6-4-19/h7-9,21H,1-6H2,(H,18,20)/b17-9+. The van der Waals surface area contributed by atoms with Crippen molar-refractivity contribution in [2.75, 3.05) is 32.8 Å². The summed E-state index contributed by atoms with van der Waals surface area (Å²) in [6.45, 7) is 3.89. The van der Waals surface area contributed by atoms with E-state index < -0.39 is 0 Å². The summed E-state index contributed by atoms with van der Waals surface area (Å²) in [6, 6.07) is 3.68. The lowest BCUT2D eigenvalue weighted by Crippen LogP contribution is -2.38. The SMILES string of the molecule is O=C(CCN1CCOCC1)N/N=C/c1cc(I)cc(I)c1O. The van der Waals surface area contributed by atoms with Crippen LogP contribution in [0.3, 0.4) is 0 Å². The Hall–Kier alpha value is -0.460. The highest BCUT2D eigenvalue weighted by Crippen LogP contribution is 2.25. The fraction of sp³-hybridized carbons (Fsp3) is 0.429. The van der Waals surface area contributed by atoms with Gasteiger partial charge >= 0.3 is 0 Å². The van der Waals surface area contributed by atoms with Crippen LogP contribution in [0.1, 0.15) is 12.0 Å². The van der Waals surface area contributed by atoms with Crippen LogP contribution in [0.5, 0.6) is 5.75 Å². The van der Waals surface area contributed by atoms with Gasteiger partial charge in [0.1, 0.15) is 5.75 Å². The van der Waals surface area contributed by atoms with Gasteiger partial charge in [-0.2, -0.15) is 5.10 Å². The highest BCUT2D eigenvalue weighted by molar-refractivity contribution is 14.1. The van der Waals surface area contributed by atoms with E-state index in [1.165, 1.54) is 6.21 Å². The maximum atomic E-state index is 11.7. The quantitative estimate of drug-likeness (QED) is 0.347. The van der Waals surface area contributed by atoms with Gasteiger partial charge in [0, 0.05) is 35.2 Å². The van der Waals surface area contributed by atoms with Crippen molar-refractivity contribution in [1.82, 2.24) is 10.3 Å². The molecule has 1 amide bonds. The van der Waals surface area contributed by atoms with E-state index in [9.17, 15) is 9.90 Å². The second-order valence-corrected chi connectivity index (χ2v) is 7.23. The number of carbonyl (C=O) groups excluding carboxylic acids is 1. The van der Waals surface area contributed by atoms with Gasteiger partial charge in [-0.3, -0.25) is 9.69 Å². The molecule has 1 aromatic rings. The highest BCUT2D eigenvalue weighted by atomic mass is 127. The second-order valence-electron chi connectivity index (χ2n) is 4.82. The maximum Gasteiger partial charge on any atom is 0.241 e. The van der Waals surface area contributed by atoms with Crippen LogP contribution in [0.25, 0.3) is 0 Å². The molecule has 22 heavy (non-hydrogen) atoms. The molecular formula is C14H17I2N3O3. The summed E-state index contributed by atoms with van der Waals surface area (Å²) in [5.74, 6) is 0.0369. The van der Waals surface area contributed by atoms with Crippen LogP contribution in [0, 0.1) is 7.14 Å². The zero-order valence-electron chi connectivity index (χ0n) is 11.9. The van der Waals surface area contributed by atoms with Crippen LogP contribution in [-0.4, -0.2) is 55.0 Å². The predicted octanol–water partition coefficient (Wildman–Crippen LogP) is 1.77. The van der Waals surface area contributed by atoms with Crippen LogP contribution in [0.2, 0.25) is 0 Å². The summed E-state index contributed by atoms with van der Waals surface area (Å²) in [5, 5.41) is 13.8. The predicted molar refractivity (Wildman–Crippen MR) is 101 cm³/mol. The average Bonchev–Trinajstić information content (AvgIpc) is 2.51. The Bertz CT molecular complexity index is 561. The molecule has 8 heteroatoms. The van der Waals surface area contributed by atoms with Crippen LogP contribution in [-0.2, 0) is 9.53 Å². The number of phenolic OH excluding ortho intramolecular Hbond substituents is 1. The molecule has 1 heterocycles. The number of ether oxygens (including phenoxy) is 1. The van der Waals surface area contributed by atoms with E-state index in [1.54, 1.807) is 6.07 Å². The van der Waals surface area contributed by atoms with Gasteiger partial charge in [0.25, 0.3) is 0 Å². The number of aromatic hydroxyl groups is 1. The van der Waals surface area contributed by atoms with Gasteiger partial charge in [-0.1, -0.05) is 0 Å². The van der Waals surface area contributed by atoms with E-state index >= 15 is 0 Å². The monoisotopic (exact) mass is 529 g/mol. The Morgan fingerprint density at radius 3 is 2.86 bits per heavy atom. The summed E-state index contributed by atoms with van der Waals surface area (Å²) in [7, 11) is 0. The maximum absolute atomic E-state index is 11.7. The van der Waals surface area contributed by atoms with Gasteiger partial charge in [0.15, 0.2) is 0 Å². The lowest BCUT2D eigenvalue weighted by molar-refractivity contribution is -0.121. The molecule has 1 fully saturated rings. The molecule has 2 N–H and O–H groups in total. The van der Waals surface area contributed by atoms with E-state index in [-0.39, 0.29) is 11.7 Å². The number of morpholine rings is 1. The molecule has 0 saturated carbocycles. The third-order valence-corrected chi connectivity index (χ3v) is 4.65. The van der Waals surface area contributed by atoms with Gasteiger partial charge in [0.2, 0.25) is 5.91 Å². The van der Waals surface area contributed by atoms with Gasteiger partial charge in [0.05, 0.1) is 23.0 Å². The Morgan fingerprint density at radius 2 is 2.14 bits per heavy atom. The highest BCUT2D eigenvalue weighted by Gasteiger charge is 2.11. The minimum absolute atomic E-state index is 0.137. The summed E-state index contributed by atoms with van der Waals surface area (Å²) < 4.78 is 7.01. The number of benzene rings is 1. The number of rotatable bonds is 5. The Labute approximate surface area is 156 Å². The van der Waals surface area contributed by atoms with Crippen molar-refractivity contribution in [3.8, 4) is 5.75 Å². The molecule has 1 aromatic carbocycles. The Morgan fingerprint density at radius 1 is 1.41 bits per heavy atom. The molecule has 120 valence electrons. The second kappa shape index (κ2) is 8.99. The van der Waals surface area contributed by atoms with Gasteiger partial charge in [-0.15, -0.1) is 0 Å². The summed E-state index contributed by atoms with van der Waals surface area (Å²) in [6.07, 6.45) is 1.86. The van der Waals surface area contributed by atoms with Gasteiger partial charge < -0.3 is 9.84 Å². The van der Waals surface area contributed by atoms with Crippen molar-refractivity contribution < 1.29 is 14.6 Å². The van der Waals surface area contributed by atoms with Crippen LogP contribution >= 0.6 is 45.2 Å². The minimum atomic E-state index is -0.137. The summed E-state index contributed by atoms with van der Waals surface area (Å²) >= 11 is 4.23. The molecule has 0 bridgehead atoms. The van der Waals surface area contributed by atoms with E-state index in [2.05, 4.69) is 60.6 Å². The van der Waals surface area contributed by atoms with E-state index in [0.29, 0.717) is 18.5 Å². The molecule has 0 atom stereocenters. The number of nitrogens with zero attached hydrogens (tertiary/aromatic N) is 2. The van der Waals surface area contributed by atoms with E-state index in [1.807, 2.05) is 6.07 Å². The van der Waals surface area contributed by atoms with Crippen molar-refractivity contribution in [1.29, 1.82) is 0 Å². The molecule has 1 aliphatic rings. The summed E-state index contributed by atoms with van der Waals surface area (Å²) in [4.78, 5) is 13.9. The molecule has 0 aliphatic carbocycles. The van der Waals surface area contributed by atoms with Gasteiger partial charge in [-0.05, 0) is 57.3 Å². The molecule has 0 radical (unpaired) electrons. The van der Waals surface area contributed by atoms with Crippen LogP contribution < -0.4 is 5.43 Å². The lowest BCUT2D eigenvalue weighted by atomic mass is 10.2. The number of phenols is 1. The van der Waals surface area contributed by atoms with Crippen molar-refractivity contribution in [3.63, 3.8) is 0 Å². The Balaban J connectivity index is 1.80. The lowest BCUT2D eigenvalue weighted by Gasteiger charge is -2.25. The molecule has 0 unspecified atom stereocenters. The first-order valence-corrected chi connectivity index (χ1v) is 9.02. The first kappa shape index (κ1) is 17.9. The van der Waals surface area contributed by atoms with E-state index in [4.69, 9.17) is 4.74 Å². The number of amides is 1. The van der Waals surface area contributed by atoms with E-state index in [0.717, 1.165) is 33.4 Å². The Kier molecular flexibility index (Phi) is 7.31. The van der Waals surface area contributed by atoms with Crippen molar-refractivity contribution in [3.05, 3.63) is 24.8 Å². The molecule has 2 rings (SSSR count). The topological polar surface area (TPSA) is 74.2 Å². The molecule has 1 aliphatic heterocycles. The largest absolute Gasteiger partial charge is 0.506 e. The third-order valence-electron chi connectivity index (χ3n) is 3.21. The van der Waals surface area contributed by atoms with Crippen molar-refractivity contribution in [2.45, 2.75) is 6.42 Å². The average molecular weight is 529 g/mol. The van der Waals surface area contributed by atoms with Crippen LogP contribution in [0.15, 0.2) is 17.2 Å². The molecule has 6 nitrogen and oxygen atoms in total. The number of halogens is 2. The van der Waals surface area contributed by atoms with Crippen LogP contribution in [0.4, 0.5) is 0 Å². The number of hydrazone groups is 1. The third kappa shape index (κ3) is 5.63. The zero-order valence-corrected chi connectivity index (χ0v) is 16.2. The first-order valence-electron chi connectivity index (χ1n) is 6.86. The molecule has 1 saturated heterocycles. The fourth-order valence-electron chi connectivity index (χ4n) is 2.00. The van der Waals surface area contributed by atoms with Gasteiger partial charge in [-0.25, -0.2) is 5.43 Å². The molecular weight excluding hydrogens is 512 g/mol. The zero-order chi connectivity index (χ0) is 15.9. The number of nitrogens with one attached hydrogen (secondary N) is 1. The van der Waals surface area contributed by atoms with Crippen molar-refractivity contribution in [2.24, 2.45) is 5.10 Å². The minimum Gasteiger partial charge on any atom is -0.506 e. The number of hydrogen-bond acceptors (Lipinski definition) is 5.